The Morgan fingerprint density at radius 2 is 1.78 bits per heavy atom. The van der Waals surface area contributed by atoms with Gasteiger partial charge in [0.2, 0.25) is 0 Å². The van der Waals surface area contributed by atoms with Crippen molar-refractivity contribution in [2.45, 2.75) is 45.1 Å². The van der Waals surface area contributed by atoms with E-state index in [2.05, 4.69) is 22.8 Å². The lowest BCUT2D eigenvalue weighted by atomic mass is 10.1. The minimum Gasteiger partial charge on any atom is -0.396 e. The predicted molar refractivity (Wildman–Crippen MR) is 73.3 cm³/mol. The fourth-order valence-electron chi connectivity index (χ4n) is 2.53. The van der Waals surface area contributed by atoms with E-state index in [1.54, 1.807) is 0 Å². The topological polar surface area (TPSA) is 50.5 Å². The highest BCUT2D eigenvalue weighted by atomic mass is 16.2. The Balaban J connectivity index is 2.10. The van der Waals surface area contributed by atoms with Crippen molar-refractivity contribution >= 4 is 0 Å². The lowest BCUT2D eigenvalue weighted by Gasteiger charge is -2.36. The van der Waals surface area contributed by atoms with Crippen LogP contribution in [0, 0.1) is 11.3 Å². The summed E-state index contributed by atoms with van der Waals surface area (Å²) >= 11 is 0. The highest BCUT2D eigenvalue weighted by Crippen LogP contribution is 2.10. The lowest BCUT2D eigenvalue weighted by molar-refractivity contribution is 0.111. The van der Waals surface area contributed by atoms with Crippen LogP contribution in [-0.4, -0.2) is 60.3 Å². The van der Waals surface area contributed by atoms with Gasteiger partial charge in [-0.05, 0) is 25.8 Å². The maximum Gasteiger partial charge on any atom is 0.0976 e. The quantitative estimate of drug-likeness (QED) is 0.665. The molecule has 0 aliphatic carbocycles. The summed E-state index contributed by atoms with van der Waals surface area (Å²) in [4.78, 5) is 4.81. The van der Waals surface area contributed by atoms with Gasteiger partial charge in [0.25, 0.3) is 0 Å². The van der Waals surface area contributed by atoms with Gasteiger partial charge in [-0.15, -0.1) is 0 Å². The van der Waals surface area contributed by atoms with Crippen LogP contribution in [0.2, 0.25) is 0 Å². The summed E-state index contributed by atoms with van der Waals surface area (Å²) in [5.41, 5.74) is 0. The SMILES string of the molecule is CCC(C#N)N1CCN(CCCCCCO)CC1. The molecule has 1 aliphatic heterocycles. The lowest BCUT2D eigenvalue weighted by Crippen LogP contribution is -2.49. The van der Waals surface area contributed by atoms with Gasteiger partial charge in [-0.2, -0.15) is 5.26 Å². The molecule has 104 valence electrons. The first-order valence-corrected chi connectivity index (χ1v) is 7.28. The summed E-state index contributed by atoms with van der Waals surface area (Å²) in [7, 11) is 0. The monoisotopic (exact) mass is 253 g/mol. The third-order valence-corrected chi connectivity index (χ3v) is 3.77. The van der Waals surface area contributed by atoms with Crippen molar-refractivity contribution in [2.75, 3.05) is 39.3 Å². The number of hydrogen-bond acceptors (Lipinski definition) is 4. The molecule has 1 atom stereocenters. The molecule has 1 saturated heterocycles. The third kappa shape index (κ3) is 5.34. The number of nitrogens with zero attached hydrogens (tertiary/aromatic N) is 3. The zero-order chi connectivity index (χ0) is 13.2. The summed E-state index contributed by atoms with van der Waals surface area (Å²) in [5, 5.41) is 17.7. The van der Waals surface area contributed by atoms with Gasteiger partial charge in [-0.1, -0.05) is 19.8 Å². The Labute approximate surface area is 111 Å². The maximum absolute atomic E-state index is 9.04. The summed E-state index contributed by atoms with van der Waals surface area (Å²) in [6.07, 6.45) is 5.46. The van der Waals surface area contributed by atoms with Crippen LogP contribution in [0.4, 0.5) is 0 Å². The molecule has 1 aliphatic rings. The molecular weight excluding hydrogens is 226 g/mol. The average Bonchev–Trinajstić information content (AvgIpc) is 2.41. The van der Waals surface area contributed by atoms with Crippen LogP contribution in [0.15, 0.2) is 0 Å². The van der Waals surface area contributed by atoms with Crippen molar-refractivity contribution in [1.29, 1.82) is 5.26 Å². The van der Waals surface area contributed by atoms with Crippen molar-refractivity contribution < 1.29 is 5.11 Å². The van der Waals surface area contributed by atoms with Crippen molar-refractivity contribution in [1.82, 2.24) is 9.80 Å². The predicted octanol–water partition coefficient (Wildman–Crippen LogP) is 1.46. The van der Waals surface area contributed by atoms with Crippen LogP contribution >= 0.6 is 0 Å². The number of hydrogen-bond donors (Lipinski definition) is 1. The highest BCUT2D eigenvalue weighted by Gasteiger charge is 2.21. The smallest absolute Gasteiger partial charge is 0.0976 e. The maximum atomic E-state index is 9.04. The van der Waals surface area contributed by atoms with Crippen molar-refractivity contribution in [2.24, 2.45) is 0 Å². The Kier molecular flexibility index (Phi) is 7.99. The van der Waals surface area contributed by atoms with Gasteiger partial charge in [0.15, 0.2) is 0 Å². The van der Waals surface area contributed by atoms with E-state index in [9.17, 15) is 0 Å². The molecule has 1 N–H and O–H groups in total. The van der Waals surface area contributed by atoms with Gasteiger partial charge in [-0.25, -0.2) is 0 Å². The second-order valence-corrected chi connectivity index (χ2v) is 5.07. The molecule has 1 rings (SSSR count). The molecule has 1 heterocycles. The van der Waals surface area contributed by atoms with E-state index in [4.69, 9.17) is 10.4 Å². The second kappa shape index (κ2) is 9.32. The van der Waals surface area contributed by atoms with Crippen LogP contribution in [0.5, 0.6) is 0 Å². The first-order valence-electron chi connectivity index (χ1n) is 7.28. The van der Waals surface area contributed by atoms with E-state index in [1.165, 1.54) is 19.4 Å². The molecule has 4 heteroatoms. The summed E-state index contributed by atoms with van der Waals surface area (Å²) < 4.78 is 0. The fraction of sp³-hybridized carbons (Fsp3) is 0.929. The Hall–Kier alpha value is -0.630. The van der Waals surface area contributed by atoms with Crippen molar-refractivity contribution in [3.05, 3.63) is 0 Å². The fourth-order valence-corrected chi connectivity index (χ4v) is 2.53. The zero-order valence-electron chi connectivity index (χ0n) is 11.6. The second-order valence-electron chi connectivity index (χ2n) is 5.07. The normalized spacial score (nSPS) is 19.6. The van der Waals surface area contributed by atoms with Gasteiger partial charge in [0.1, 0.15) is 0 Å². The molecule has 0 bridgehead atoms. The van der Waals surface area contributed by atoms with Gasteiger partial charge in [0, 0.05) is 32.8 Å². The Bertz CT molecular complexity index is 244. The molecule has 1 unspecified atom stereocenters. The molecule has 0 amide bonds. The number of aliphatic hydroxyl groups is 1. The van der Waals surface area contributed by atoms with Gasteiger partial charge in [0.05, 0.1) is 12.1 Å². The zero-order valence-corrected chi connectivity index (χ0v) is 11.6. The first-order chi connectivity index (χ1) is 8.81. The van der Waals surface area contributed by atoms with Gasteiger partial charge in [-0.3, -0.25) is 4.90 Å². The number of aliphatic hydroxyl groups excluding tert-OH is 1. The minimum atomic E-state index is 0.108. The van der Waals surface area contributed by atoms with Crippen LogP contribution < -0.4 is 0 Å². The van der Waals surface area contributed by atoms with E-state index in [0.29, 0.717) is 6.61 Å². The highest BCUT2D eigenvalue weighted by molar-refractivity contribution is 4.92. The number of nitriles is 1. The summed E-state index contributed by atoms with van der Waals surface area (Å²) in [5.74, 6) is 0. The van der Waals surface area contributed by atoms with E-state index in [1.807, 2.05) is 0 Å². The summed E-state index contributed by atoms with van der Waals surface area (Å²) in [6.45, 7) is 7.83. The van der Waals surface area contributed by atoms with E-state index >= 15 is 0 Å². The molecular formula is C14H27N3O. The van der Waals surface area contributed by atoms with E-state index in [0.717, 1.165) is 45.4 Å². The third-order valence-electron chi connectivity index (χ3n) is 3.77. The molecule has 1 fully saturated rings. The molecule has 0 aromatic carbocycles. The van der Waals surface area contributed by atoms with Gasteiger partial charge < -0.3 is 10.0 Å². The molecule has 0 spiro atoms. The molecule has 0 aromatic rings. The molecule has 4 nitrogen and oxygen atoms in total. The van der Waals surface area contributed by atoms with Gasteiger partial charge >= 0.3 is 0 Å². The molecule has 0 saturated carbocycles. The van der Waals surface area contributed by atoms with Crippen LogP contribution in [0.25, 0.3) is 0 Å². The Morgan fingerprint density at radius 3 is 2.33 bits per heavy atom. The van der Waals surface area contributed by atoms with E-state index < -0.39 is 0 Å². The van der Waals surface area contributed by atoms with Crippen molar-refractivity contribution in [3.63, 3.8) is 0 Å². The standard InChI is InChI=1S/C14H27N3O/c1-2-14(13-15)17-10-8-16(9-11-17)7-5-3-4-6-12-18/h14,18H,2-12H2,1H3. The molecule has 18 heavy (non-hydrogen) atoms. The number of unbranched alkanes of at least 4 members (excludes halogenated alkanes) is 3. The van der Waals surface area contributed by atoms with Crippen LogP contribution in [0.1, 0.15) is 39.0 Å². The van der Waals surface area contributed by atoms with Crippen molar-refractivity contribution in [3.8, 4) is 6.07 Å². The largest absolute Gasteiger partial charge is 0.396 e. The molecule has 0 radical (unpaired) electrons. The average molecular weight is 253 g/mol. The minimum absolute atomic E-state index is 0.108. The Morgan fingerprint density at radius 1 is 1.11 bits per heavy atom. The van der Waals surface area contributed by atoms with Crippen LogP contribution in [0.3, 0.4) is 0 Å². The summed E-state index contributed by atoms with van der Waals surface area (Å²) in [6, 6.07) is 2.49. The number of piperazine rings is 1. The van der Waals surface area contributed by atoms with Crippen LogP contribution in [-0.2, 0) is 0 Å². The first kappa shape index (κ1) is 15.4. The molecule has 0 aromatic heterocycles. The van der Waals surface area contributed by atoms with E-state index in [-0.39, 0.29) is 6.04 Å². The number of rotatable bonds is 8.